The van der Waals surface area contributed by atoms with E-state index in [0.29, 0.717) is 12.5 Å². The van der Waals surface area contributed by atoms with Gasteiger partial charge in [0.2, 0.25) is 5.91 Å². The van der Waals surface area contributed by atoms with Crippen molar-refractivity contribution >= 4 is 11.9 Å². The van der Waals surface area contributed by atoms with Gasteiger partial charge in [-0.05, 0) is 25.4 Å². The molecule has 0 saturated carbocycles. The Balaban J connectivity index is 2.00. The number of aliphatic carboxylic acids is 1. The molecule has 0 aromatic heterocycles. The molecule has 90 valence electrons. The Labute approximate surface area is 93.6 Å². The van der Waals surface area contributed by atoms with Crippen molar-refractivity contribution < 1.29 is 19.4 Å². The second kappa shape index (κ2) is 4.80. The van der Waals surface area contributed by atoms with E-state index in [9.17, 15) is 9.59 Å². The van der Waals surface area contributed by atoms with Crippen molar-refractivity contribution in [3.63, 3.8) is 0 Å². The molecule has 2 fully saturated rings. The van der Waals surface area contributed by atoms with Crippen LogP contribution in [0.5, 0.6) is 0 Å². The van der Waals surface area contributed by atoms with Gasteiger partial charge < -0.3 is 20.1 Å². The molecule has 2 rings (SSSR count). The maximum atomic E-state index is 11.6. The first-order valence-corrected chi connectivity index (χ1v) is 5.49. The highest BCUT2D eigenvalue weighted by Crippen LogP contribution is 2.15. The summed E-state index contributed by atoms with van der Waals surface area (Å²) in [5, 5.41) is 12.2. The molecule has 16 heavy (non-hydrogen) atoms. The van der Waals surface area contributed by atoms with E-state index in [-0.39, 0.29) is 19.1 Å². The molecule has 0 spiro atoms. The molecule has 0 aliphatic carbocycles. The maximum absolute atomic E-state index is 11.6. The zero-order valence-corrected chi connectivity index (χ0v) is 9.02. The van der Waals surface area contributed by atoms with Crippen LogP contribution in [-0.4, -0.2) is 60.8 Å². The van der Waals surface area contributed by atoms with Gasteiger partial charge in [-0.1, -0.05) is 0 Å². The Morgan fingerprint density at radius 1 is 1.62 bits per heavy atom. The summed E-state index contributed by atoms with van der Waals surface area (Å²) in [6, 6.07) is -0.818. The molecule has 2 heterocycles. The summed E-state index contributed by atoms with van der Waals surface area (Å²) >= 11 is 0. The van der Waals surface area contributed by atoms with Gasteiger partial charge in [-0.15, -0.1) is 0 Å². The highest BCUT2D eigenvalue weighted by Gasteiger charge is 2.35. The fraction of sp³-hybridized carbons (Fsp3) is 0.800. The lowest BCUT2D eigenvalue weighted by Crippen LogP contribution is -2.54. The van der Waals surface area contributed by atoms with Crippen molar-refractivity contribution in [3.8, 4) is 0 Å². The molecule has 2 saturated heterocycles. The van der Waals surface area contributed by atoms with E-state index in [1.165, 1.54) is 4.90 Å². The highest BCUT2D eigenvalue weighted by molar-refractivity contribution is 5.85. The largest absolute Gasteiger partial charge is 0.480 e. The molecule has 2 aliphatic rings. The maximum Gasteiger partial charge on any atom is 0.328 e. The molecule has 0 radical (unpaired) electrons. The molecule has 2 aliphatic heterocycles. The van der Waals surface area contributed by atoms with Gasteiger partial charge in [-0.25, -0.2) is 4.79 Å². The molecular weight excluding hydrogens is 212 g/mol. The summed E-state index contributed by atoms with van der Waals surface area (Å²) in [7, 11) is 0. The number of amides is 1. The number of hydrogen-bond donors (Lipinski definition) is 2. The van der Waals surface area contributed by atoms with Crippen LogP contribution in [0, 0.1) is 5.92 Å². The summed E-state index contributed by atoms with van der Waals surface area (Å²) in [5.74, 6) is -0.839. The summed E-state index contributed by atoms with van der Waals surface area (Å²) < 4.78 is 4.96. The molecule has 2 unspecified atom stereocenters. The normalized spacial score (nSPS) is 30.8. The monoisotopic (exact) mass is 228 g/mol. The smallest absolute Gasteiger partial charge is 0.328 e. The fourth-order valence-electron chi connectivity index (χ4n) is 2.19. The number of nitrogens with zero attached hydrogens (tertiary/aromatic N) is 1. The van der Waals surface area contributed by atoms with Gasteiger partial charge in [0.25, 0.3) is 0 Å². The number of nitrogens with one attached hydrogen (secondary N) is 1. The predicted molar refractivity (Wildman–Crippen MR) is 54.9 cm³/mol. The number of carboxylic acids is 1. The molecule has 2 atom stereocenters. The van der Waals surface area contributed by atoms with Crippen LogP contribution >= 0.6 is 0 Å². The highest BCUT2D eigenvalue weighted by atomic mass is 16.5. The third kappa shape index (κ3) is 2.33. The molecule has 0 bridgehead atoms. The van der Waals surface area contributed by atoms with Crippen LogP contribution in [0.4, 0.5) is 0 Å². The molecule has 0 aromatic rings. The zero-order chi connectivity index (χ0) is 11.5. The second-order valence-electron chi connectivity index (χ2n) is 4.27. The summed E-state index contributed by atoms with van der Waals surface area (Å²) in [4.78, 5) is 24.1. The number of hydrogen-bond acceptors (Lipinski definition) is 4. The Morgan fingerprint density at radius 3 is 3.06 bits per heavy atom. The van der Waals surface area contributed by atoms with E-state index in [4.69, 9.17) is 9.84 Å². The van der Waals surface area contributed by atoms with Gasteiger partial charge in [-0.2, -0.15) is 0 Å². The van der Waals surface area contributed by atoms with E-state index >= 15 is 0 Å². The van der Waals surface area contributed by atoms with E-state index in [2.05, 4.69) is 5.32 Å². The van der Waals surface area contributed by atoms with Crippen molar-refractivity contribution in [3.05, 3.63) is 0 Å². The number of morpholine rings is 1. The van der Waals surface area contributed by atoms with E-state index < -0.39 is 12.0 Å². The third-order valence-electron chi connectivity index (χ3n) is 3.10. The second-order valence-corrected chi connectivity index (χ2v) is 4.27. The van der Waals surface area contributed by atoms with Crippen LogP contribution in [0.1, 0.15) is 6.42 Å². The first-order chi connectivity index (χ1) is 7.68. The fourth-order valence-corrected chi connectivity index (χ4v) is 2.19. The predicted octanol–water partition coefficient (Wildman–Crippen LogP) is -1.09. The van der Waals surface area contributed by atoms with Crippen LogP contribution in [0.3, 0.4) is 0 Å². The average molecular weight is 228 g/mol. The van der Waals surface area contributed by atoms with Crippen molar-refractivity contribution in [1.29, 1.82) is 0 Å². The number of ether oxygens (including phenoxy) is 1. The molecule has 2 N–H and O–H groups in total. The van der Waals surface area contributed by atoms with Gasteiger partial charge in [0.1, 0.15) is 6.61 Å². The first kappa shape index (κ1) is 11.3. The minimum atomic E-state index is -0.987. The van der Waals surface area contributed by atoms with Crippen molar-refractivity contribution in [2.24, 2.45) is 5.92 Å². The van der Waals surface area contributed by atoms with Crippen molar-refractivity contribution in [2.75, 3.05) is 32.8 Å². The number of rotatable bonds is 3. The minimum Gasteiger partial charge on any atom is -0.480 e. The van der Waals surface area contributed by atoms with E-state index in [1.807, 2.05) is 0 Å². The zero-order valence-electron chi connectivity index (χ0n) is 9.02. The lowest BCUT2D eigenvalue weighted by Gasteiger charge is -2.34. The van der Waals surface area contributed by atoms with E-state index in [0.717, 1.165) is 19.5 Å². The molecule has 0 aromatic carbocycles. The van der Waals surface area contributed by atoms with Gasteiger partial charge >= 0.3 is 5.97 Å². The summed E-state index contributed by atoms with van der Waals surface area (Å²) in [5.41, 5.74) is 0. The van der Waals surface area contributed by atoms with E-state index in [1.54, 1.807) is 0 Å². The molecule has 6 heteroatoms. The van der Waals surface area contributed by atoms with Gasteiger partial charge in [-0.3, -0.25) is 4.79 Å². The summed E-state index contributed by atoms with van der Waals surface area (Å²) in [6.45, 7) is 2.43. The van der Waals surface area contributed by atoms with Gasteiger partial charge in [0.15, 0.2) is 6.04 Å². The lowest BCUT2D eigenvalue weighted by atomic mass is 10.1. The minimum absolute atomic E-state index is 0.00390. The average Bonchev–Trinajstić information content (AvgIpc) is 2.73. The Kier molecular flexibility index (Phi) is 3.40. The SMILES string of the molecule is O=C(O)C1COCC(=O)N1CC1CCNC1. The molecular formula is C10H16N2O4. The van der Waals surface area contributed by atoms with Crippen LogP contribution in [0.2, 0.25) is 0 Å². The Bertz CT molecular complexity index is 289. The number of carboxylic acid groups (broad SMARTS) is 1. The van der Waals surface area contributed by atoms with Crippen LogP contribution in [0.15, 0.2) is 0 Å². The standard InChI is InChI=1S/C10H16N2O4/c13-9-6-16-5-8(10(14)15)12(9)4-7-1-2-11-3-7/h7-8,11H,1-6H2,(H,14,15). The molecule has 6 nitrogen and oxygen atoms in total. The van der Waals surface area contributed by atoms with Crippen LogP contribution < -0.4 is 5.32 Å². The van der Waals surface area contributed by atoms with Crippen molar-refractivity contribution in [1.82, 2.24) is 10.2 Å². The topological polar surface area (TPSA) is 78.9 Å². The lowest BCUT2D eigenvalue weighted by molar-refractivity contribution is -0.163. The Morgan fingerprint density at radius 2 is 2.44 bits per heavy atom. The van der Waals surface area contributed by atoms with Crippen molar-refractivity contribution in [2.45, 2.75) is 12.5 Å². The van der Waals surface area contributed by atoms with Gasteiger partial charge in [0, 0.05) is 6.54 Å². The Hall–Kier alpha value is -1.14. The number of carbonyl (C=O) groups is 2. The number of carbonyl (C=O) groups excluding carboxylic acids is 1. The first-order valence-electron chi connectivity index (χ1n) is 5.49. The van der Waals surface area contributed by atoms with Crippen LogP contribution in [0.25, 0.3) is 0 Å². The quantitative estimate of drug-likeness (QED) is 0.641. The summed E-state index contributed by atoms with van der Waals surface area (Å²) in [6.07, 6.45) is 0.997. The van der Waals surface area contributed by atoms with Gasteiger partial charge in [0.05, 0.1) is 6.61 Å². The van der Waals surface area contributed by atoms with Crippen LogP contribution in [-0.2, 0) is 14.3 Å². The molecule has 1 amide bonds. The third-order valence-corrected chi connectivity index (χ3v) is 3.10.